The first-order valence-corrected chi connectivity index (χ1v) is 7.35. The van der Waals surface area contributed by atoms with Crippen molar-refractivity contribution in [3.05, 3.63) is 50.7 Å². The fourth-order valence-electron chi connectivity index (χ4n) is 2.05. The van der Waals surface area contributed by atoms with Crippen LogP contribution in [0.4, 0.5) is 0 Å². The Morgan fingerprint density at radius 2 is 2.00 bits per heavy atom. The van der Waals surface area contributed by atoms with Crippen molar-refractivity contribution >= 4 is 27.5 Å². The van der Waals surface area contributed by atoms with E-state index in [1.165, 1.54) is 0 Å². The summed E-state index contributed by atoms with van der Waals surface area (Å²) < 4.78 is 2.84. The van der Waals surface area contributed by atoms with Crippen LogP contribution in [0.5, 0.6) is 0 Å². The van der Waals surface area contributed by atoms with Crippen molar-refractivity contribution in [1.29, 1.82) is 0 Å². The van der Waals surface area contributed by atoms with Crippen molar-refractivity contribution in [3.63, 3.8) is 0 Å². The maximum absolute atomic E-state index is 10.3. The molecule has 102 valence electrons. The van der Waals surface area contributed by atoms with Crippen LogP contribution in [0.2, 0.25) is 5.02 Å². The highest BCUT2D eigenvalue weighted by Crippen LogP contribution is 2.26. The fourth-order valence-corrected chi connectivity index (χ4v) is 2.53. The van der Waals surface area contributed by atoms with E-state index in [2.05, 4.69) is 21.0 Å². The Morgan fingerprint density at radius 3 is 2.58 bits per heavy atom. The Balaban J connectivity index is 2.23. The van der Waals surface area contributed by atoms with Crippen LogP contribution < -0.4 is 0 Å². The van der Waals surface area contributed by atoms with Gasteiger partial charge in [0.05, 0.1) is 22.5 Å². The predicted octanol–water partition coefficient (Wildman–Crippen LogP) is 3.90. The summed E-state index contributed by atoms with van der Waals surface area (Å²) in [5.74, 6) is 0. The van der Waals surface area contributed by atoms with Crippen molar-refractivity contribution < 1.29 is 5.11 Å². The molecule has 0 aliphatic carbocycles. The Morgan fingerprint density at radius 1 is 1.37 bits per heavy atom. The SMILES string of the molecule is CCn1nc(C)c(Cl)c1CC(O)c1ccc(Br)cc1. The third-order valence-electron chi connectivity index (χ3n) is 3.09. The van der Waals surface area contributed by atoms with Crippen molar-refractivity contribution in [1.82, 2.24) is 9.78 Å². The molecule has 1 unspecified atom stereocenters. The predicted molar refractivity (Wildman–Crippen MR) is 80.5 cm³/mol. The van der Waals surface area contributed by atoms with Gasteiger partial charge in [0.1, 0.15) is 0 Å². The fraction of sp³-hybridized carbons (Fsp3) is 0.357. The molecule has 0 aliphatic heterocycles. The zero-order chi connectivity index (χ0) is 14.0. The van der Waals surface area contributed by atoms with Crippen molar-refractivity contribution in [2.24, 2.45) is 0 Å². The molecule has 1 aromatic carbocycles. The molecule has 5 heteroatoms. The monoisotopic (exact) mass is 342 g/mol. The highest BCUT2D eigenvalue weighted by Gasteiger charge is 2.17. The molecular formula is C14H16BrClN2O. The zero-order valence-electron chi connectivity index (χ0n) is 10.9. The Bertz CT molecular complexity index is 566. The lowest BCUT2D eigenvalue weighted by atomic mass is 10.0. The number of nitrogens with zero attached hydrogens (tertiary/aromatic N) is 2. The molecule has 1 N–H and O–H groups in total. The number of halogens is 2. The van der Waals surface area contributed by atoms with Crippen LogP contribution in [-0.4, -0.2) is 14.9 Å². The van der Waals surface area contributed by atoms with Crippen LogP contribution in [0, 0.1) is 6.92 Å². The summed E-state index contributed by atoms with van der Waals surface area (Å²) in [5, 5.41) is 15.3. The van der Waals surface area contributed by atoms with Gasteiger partial charge < -0.3 is 5.11 Å². The summed E-state index contributed by atoms with van der Waals surface area (Å²) in [7, 11) is 0. The molecule has 2 aromatic rings. The van der Waals surface area contributed by atoms with E-state index in [9.17, 15) is 5.11 Å². The molecular weight excluding hydrogens is 328 g/mol. The molecule has 0 fully saturated rings. The summed E-state index contributed by atoms with van der Waals surface area (Å²) in [6.07, 6.45) is -0.109. The molecule has 0 bridgehead atoms. The molecule has 2 rings (SSSR count). The van der Waals surface area contributed by atoms with E-state index in [4.69, 9.17) is 11.6 Å². The highest BCUT2D eigenvalue weighted by molar-refractivity contribution is 9.10. The largest absolute Gasteiger partial charge is 0.388 e. The Kier molecular flexibility index (Phi) is 4.66. The van der Waals surface area contributed by atoms with Gasteiger partial charge in [-0.2, -0.15) is 5.10 Å². The van der Waals surface area contributed by atoms with Crippen molar-refractivity contribution in [2.75, 3.05) is 0 Å². The Hall–Kier alpha value is -0.840. The van der Waals surface area contributed by atoms with Crippen molar-refractivity contribution in [2.45, 2.75) is 32.9 Å². The minimum atomic E-state index is -0.577. The molecule has 0 aliphatic rings. The summed E-state index contributed by atoms with van der Waals surface area (Å²) in [5.41, 5.74) is 2.57. The van der Waals surface area contributed by atoms with E-state index < -0.39 is 6.10 Å². The van der Waals surface area contributed by atoms with Crippen LogP contribution in [0.1, 0.15) is 30.0 Å². The minimum Gasteiger partial charge on any atom is -0.388 e. The lowest BCUT2D eigenvalue weighted by Crippen LogP contribution is -2.08. The minimum absolute atomic E-state index is 0.467. The standard InChI is InChI=1S/C14H16BrClN2O/c1-3-18-12(14(16)9(2)17-18)8-13(19)10-4-6-11(15)7-5-10/h4-7,13,19H,3,8H2,1-2H3. The molecule has 0 amide bonds. The first-order chi connectivity index (χ1) is 9.02. The van der Waals surface area contributed by atoms with E-state index in [1.807, 2.05) is 42.8 Å². The number of hydrogen-bond acceptors (Lipinski definition) is 2. The van der Waals surface area contributed by atoms with Gasteiger partial charge in [-0.3, -0.25) is 4.68 Å². The Labute approximate surface area is 126 Å². The van der Waals surface area contributed by atoms with Crippen LogP contribution in [-0.2, 0) is 13.0 Å². The van der Waals surface area contributed by atoms with Gasteiger partial charge in [0, 0.05) is 17.4 Å². The van der Waals surface area contributed by atoms with Gasteiger partial charge in [-0.1, -0.05) is 39.7 Å². The van der Waals surface area contributed by atoms with Gasteiger partial charge in [-0.25, -0.2) is 0 Å². The number of aliphatic hydroxyl groups excluding tert-OH is 1. The normalized spacial score (nSPS) is 12.7. The summed E-state index contributed by atoms with van der Waals surface area (Å²) in [6.45, 7) is 4.64. The van der Waals surface area contributed by atoms with Gasteiger partial charge in [-0.15, -0.1) is 0 Å². The number of aromatic nitrogens is 2. The molecule has 0 saturated carbocycles. The lowest BCUT2D eigenvalue weighted by molar-refractivity contribution is 0.175. The molecule has 19 heavy (non-hydrogen) atoms. The average molecular weight is 344 g/mol. The van der Waals surface area contributed by atoms with Crippen LogP contribution >= 0.6 is 27.5 Å². The second-order valence-corrected chi connectivity index (χ2v) is 5.73. The number of aryl methyl sites for hydroxylation is 2. The number of hydrogen-bond donors (Lipinski definition) is 1. The summed E-state index contributed by atoms with van der Waals surface area (Å²) in [6, 6.07) is 7.65. The van der Waals surface area contributed by atoms with Gasteiger partial charge in [0.15, 0.2) is 0 Å². The van der Waals surface area contributed by atoms with Crippen LogP contribution in [0.25, 0.3) is 0 Å². The van der Waals surface area contributed by atoms with E-state index >= 15 is 0 Å². The summed E-state index contributed by atoms with van der Waals surface area (Å²) in [4.78, 5) is 0. The van der Waals surface area contributed by atoms with Gasteiger partial charge in [-0.05, 0) is 31.5 Å². The third kappa shape index (κ3) is 3.19. The van der Waals surface area contributed by atoms with E-state index in [-0.39, 0.29) is 0 Å². The molecule has 0 saturated heterocycles. The summed E-state index contributed by atoms with van der Waals surface area (Å²) >= 11 is 9.63. The maximum atomic E-state index is 10.3. The first-order valence-electron chi connectivity index (χ1n) is 6.18. The molecule has 1 heterocycles. The molecule has 1 aromatic heterocycles. The second-order valence-electron chi connectivity index (χ2n) is 4.43. The van der Waals surface area contributed by atoms with E-state index in [0.29, 0.717) is 11.4 Å². The van der Waals surface area contributed by atoms with Crippen LogP contribution in [0.3, 0.4) is 0 Å². The molecule has 1 atom stereocenters. The molecule has 3 nitrogen and oxygen atoms in total. The zero-order valence-corrected chi connectivity index (χ0v) is 13.2. The number of aliphatic hydroxyl groups is 1. The van der Waals surface area contributed by atoms with Gasteiger partial charge in [0.2, 0.25) is 0 Å². The van der Waals surface area contributed by atoms with E-state index in [1.54, 1.807) is 0 Å². The quantitative estimate of drug-likeness (QED) is 0.914. The van der Waals surface area contributed by atoms with Gasteiger partial charge in [0.25, 0.3) is 0 Å². The number of benzene rings is 1. The third-order valence-corrected chi connectivity index (χ3v) is 4.11. The van der Waals surface area contributed by atoms with Gasteiger partial charge >= 0.3 is 0 Å². The number of rotatable bonds is 4. The highest BCUT2D eigenvalue weighted by atomic mass is 79.9. The first kappa shape index (κ1) is 14.6. The average Bonchev–Trinajstić information content (AvgIpc) is 2.67. The smallest absolute Gasteiger partial charge is 0.0848 e. The molecule has 0 spiro atoms. The lowest BCUT2D eigenvalue weighted by Gasteiger charge is -2.12. The second kappa shape index (κ2) is 6.07. The van der Waals surface area contributed by atoms with E-state index in [0.717, 1.165) is 28.0 Å². The van der Waals surface area contributed by atoms with Crippen molar-refractivity contribution in [3.8, 4) is 0 Å². The van der Waals surface area contributed by atoms with Crippen LogP contribution in [0.15, 0.2) is 28.7 Å². The maximum Gasteiger partial charge on any atom is 0.0848 e. The topological polar surface area (TPSA) is 38.0 Å². The molecule has 0 radical (unpaired) electrons.